The van der Waals surface area contributed by atoms with Crippen molar-refractivity contribution in [3.05, 3.63) is 11.8 Å². The molecule has 0 spiro atoms. The molecule has 1 aliphatic heterocycles. The van der Waals surface area contributed by atoms with E-state index in [1.165, 1.54) is 12.8 Å². The third-order valence-corrected chi connectivity index (χ3v) is 4.23. The summed E-state index contributed by atoms with van der Waals surface area (Å²) >= 11 is 0. The van der Waals surface area contributed by atoms with Gasteiger partial charge in [0.05, 0.1) is 19.8 Å². The van der Waals surface area contributed by atoms with Crippen LogP contribution >= 0.6 is 0 Å². The average Bonchev–Trinajstić information content (AvgIpc) is 3.25. The number of aromatic nitrogens is 2. The summed E-state index contributed by atoms with van der Waals surface area (Å²) in [6, 6.07) is 0. The first-order chi connectivity index (χ1) is 11.0. The molecular weight excluding hydrogens is 298 g/mol. The summed E-state index contributed by atoms with van der Waals surface area (Å²) in [7, 11) is 0. The smallest absolute Gasteiger partial charge is 0.251 e. The normalized spacial score (nSPS) is 23.3. The quantitative estimate of drug-likeness (QED) is 0.796. The van der Waals surface area contributed by atoms with Crippen molar-refractivity contribution in [2.45, 2.75) is 51.7 Å². The standard InChI is InChI=1S/C16H25N3O4/c1-10(2)14-17-18-15(23-14)13-8-19(6-7-21-13)16(20)11(3)22-9-12-4-5-12/h10-13H,4-9H2,1-3H3/t11-,13+/m0/s1. The molecule has 7 nitrogen and oxygen atoms in total. The van der Waals surface area contributed by atoms with Gasteiger partial charge in [-0.15, -0.1) is 10.2 Å². The molecule has 1 amide bonds. The molecule has 1 aromatic heterocycles. The van der Waals surface area contributed by atoms with Crippen molar-refractivity contribution in [3.63, 3.8) is 0 Å². The van der Waals surface area contributed by atoms with E-state index in [4.69, 9.17) is 13.9 Å². The van der Waals surface area contributed by atoms with Crippen LogP contribution < -0.4 is 0 Å². The van der Waals surface area contributed by atoms with E-state index >= 15 is 0 Å². The zero-order chi connectivity index (χ0) is 16.4. The van der Waals surface area contributed by atoms with Crippen molar-refractivity contribution in [2.75, 3.05) is 26.3 Å². The monoisotopic (exact) mass is 323 g/mol. The molecule has 2 heterocycles. The van der Waals surface area contributed by atoms with Gasteiger partial charge in [-0.05, 0) is 25.7 Å². The van der Waals surface area contributed by atoms with Gasteiger partial charge in [0.1, 0.15) is 6.10 Å². The summed E-state index contributed by atoms with van der Waals surface area (Å²) in [6.45, 7) is 7.95. The minimum atomic E-state index is -0.414. The third-order valence-electron chi connectivity index (χ3n) is 4.23. The Balaban J connectivity index is 1.56. The Morgan fingerprint density at radius 2 is 2.13 bits per heavy atom. The van der Waals surface area contributed by atoms with Crippen LogP contribution in [0.3, 0.4) is 0 Å². The van der Waals surface area contributed by atoms with Crippen LogP contribution in [0.2, 0.25) is 0 Å². The van der Waals surface area contributed by atoms with Gasteiger partial charge in [0.15, 0.2) is 6.10 Å². The molecule has 2 atom stereocenters. The lowest BCUT2D eigenvalue weighted by Crippen LogP contribution is -2.46. The van der Waals surface area contributed by atoms with Crippen LogP contribution in [0, 0.1) is 5.92 Å². The first-order valence-electron chi connectivity index (χ1n) is 8.40. The summed E-state index contributed by atoms with van der Waals surface area (Å²) in [5.41, 5.74) is 0. The number of carbonyl (C=O) groups excluding carboxylic acids is 1. The number of morpholine rings is 1. The van der Waals surface area contributed by atoms with Gasteiger partial charge >= 0.3 is 0 Å². The molecule has 23 heavy (non-hydrogen) atoms. The summed E-state index contributed by atoms with van der Waals surface area (Å²) in [4.78, 5) is 14.3. The molecule has 1 saturated carbocycles. The Morgan fingerprint density at radius 1 is 1.35 bits per heavy atom. The van der Waals surface area contributed by atoms with Gasteiger partial charge in [-0.1, -0.05) is 13.8 Å². The van der Waals surface area contributed by atoms with Crippen molar-refractivity contribution >= 4 is 5.91 Å². The number of nitrogens with zero attached hydrogens (tertiary/aromatic N) is 3. The number of rotatable bonds is 6. The summed E-state index contributed by atoms with van der Waals surface area (Å²) in [5, 5.41) is 8.08. The second-order valence-electron chi connectivity index (χ2n) is 6.70. The number of carbonyl (C=O) groups is 1. The Kier molecular flexibility index (Phi) is 4.96. The molecule has 0 radical (unpaired) electrons. The summed E-state index contributed by atoms with van der Waals surface area (Å²) in [6.07, 6.45) is 1.66. The van der Waals surface area contributed by atoms with Crippen molar-refractivity contribution in [1.29, 1.82) is 0 Å². The van der Waals surface area contributed by atoms with Crippen molar-refractivity contribution in [2.24, 2.45) is 5.92 Å². The maximum Gasteiger partial charge on any atom is 0.251 e. The van der Waals surface area contributed by atoms with Crippen molar-refractivity contribution in [1.82, 2.24) is 15.1 Å². The fourth-order valence-electron chi connectivity index (χ4n) is 2.50. The lowest BCUT2D eigenvalue weighted by atomic mass is 10.2. The van der Waals surface area contributed by atoms with E-state index in [0.29, 0.717) is 44.0 Å². The highest BCUT2D eigenvalue weighted by atomic mass is 16.5. The maximum atomic E-state index is 12.5. The third kappa shape index (κ3) is 4.09. The van der Waals surface area contributed by atoms with E-state index in [1.54, 1.807) is 4.90 Å². The fraction of sp³-hybridized carbons (Fsp3) is 0.812. The molecule has 128 valence electrons. The van der Waals surface area contributed by atoms with Gasteiger partial charge < -0.3 is 18.8 Å². The zero-order valence-electron chi connectivity index (χ0n) is 14.0. The summed E-state index contributed by atoms with van der Waals surface area (Å²) < 4.78 is 17.0. The number of ether oxygens (including phenoxy) is 2. The molecule has 3 rings (SSSR count). The molecule has 0 unspecified atom stereocenters. The highest BCUT2D eigenvalue weighted by molar-refractivity contribution is 5.80. The minimum Gasteiger partial charge on any atom is -0.422 e. The second-order valence-corrected chi connectivity index (χ2v) is 6.70. The van der Waals surface area contributed by atoms with Crippen LogP contribution in [0.4, 0.5) is 0 Å². The van der Waals surface area contributed by atoms with Gasteiger partial charge in [-0.2, -0.15) is 0 Å². The van der Waals surface area contributed by atoms with Crippen LogP contribution in [0.15, 0.2) is 4.42 Å². The molecule has 1 saturated heterocycles. The lowest BCUT2D eigenvalue weighted by molar-refractivity contribution is -0.151. The molecule has 0 N–H and O–H groups in total. The molecule has 0 bridgehead atoms. The first-order valence-corrected chi connectivity index (χ1v) is 8.40. The first kappa shape index (κ1) is 16.4. The van der Waals surface area contributed by atoms with Gasteiger partial charge in [0.25, 0.3) is 5.91 Å². The lowest BCUT2D eigenvalue weighted by Gasteiger charge is -2.32. The molecule has 1 aromatic rings. The van der Waals surface area contributed by atoms with Gasteiger partial charge in [-0.25, -0.2) is 0 Å². The number of amides is 1. The summed E-state index contributed by atoms with van der Waals surface area (Å²) in [5.74, 6) is 1.86. The van der Waals surface area contributed by atoms with E-state index < -0.39 is 6.10 Å². The SMILES string of the molecule is CC(C)c1nnc([C@H]2CN(C(=O)[C@H](C)OCC3CC3)CCO2)o1. The number of hydrogen-bond donors (Lipinski definition) is 0. The highest BCUT2D eigenvalue weighted by Gasteiger charge is 2.32. The van der Waals surface area contributed by atoms with Crippen molar-refractivity contribution < 1.29 is 18.7 Å². The second kappa shape index (κ2) is 6.97. The Bertz CT molecular complexity index is 541. The fourth-order valence-corrected chi connectivity index (χ4v) is 2.50. The molecule has 2 fully saturated rings. The molecule has 7 heteroatoms. The Morgan fingerprint density at radius 3 is 2.78 bits per heavy atom. The largest absolute Gasteiger partial charge is 0.422 e. The maximum absolute atomic E-state index is 12.5. The van der Waals surface area contributed by atoms with Crippen LogP contribution in [0.5, 0.6) is 0 Å². The van der Waals surface area contributed by atoms with E-state index in [0.717, 1.165) is 0 Å². The predicted molar refractivity (Wildman–Crippen MR) is 81.8 cm³/mol. The molecular formula is C16H25N3O4. The predicted octanol–water partition coefficient (Wildman–Crippen LogP) is 1.91. The highest BCUT2D eigenvalue weighted by Crippen LogP contribution is 2.29. The van der Waals surface area contributed by atoms with Gasteiger partial charge in [0, 0.05) is 12.5 Å². The zero-order valence-corrected chi connectivity index (χ0v) is 14.0. The van der Waals surface area contributed by atoms with Gasteiger partial charge in [-0.3, -0.25) is 4.79 Å². The van der Waals surface area contributed by atoms with E-state index in [1.807, 2.05) is 20.8 Å². The topological polar surface area (TPSA) is 77.7 Å². The Labute approximate surface area is 136 Å². The Hall–Kier alpha value is -1.47. The molecule has 0 aromatic carbocycles. The van der Waals surface area contributed by atoms with Gasteiger partial charge in [0.2, 0.25) is 11.8 Å². The van der Waals surface area contributed by atoms with Crippen LogP contribution in [-0.4, -0.2) is 53.4 Å². The van der Waals surface area contributed by atoms with Crippen LogP contribution in [0.25, 0.3) is 0 Å². The van der Waals surface area contributed by atoms with E-state index in [-0.39, 0.29) is 17.9 Å². The van der Waals surface area contributed by atoms with Crippen molar-refractivity contribution in [3.8, 4) is 0 Å². The average molecular weight is 323 g/mol. The molecule has 2 aliphatic rings. The minimum absolute atomic E-state index is 0.00236. The van der Waals surface area contributed by atoms with E-state index in [2.05, 4.69) is 10.2 Å². The number of hydrogen-bond acceptors (Lipinski definition) is 6. The van der Waals surface area contributed by atoms with Crippen LogP contribution in [-0.2, 0) is 14.3 Å². The van der Waals surface area contributed by atoms with Crippen LogP contribution in [0.1, 0.15) is 57.4 Å². The molecule has 1 aliphatic carbocycles. The van der Waals surface area contributed by atoms with E-state index in [9.17, 15) is 4.79 Å².